The van der Waals surface area contributed by atoms with E-state index in [1.54, 1.807) is 18.2 Å². The highest BCUT2D eigenvalue weighted by molar-refractivity contribution is 6.35. The van der Waals surface area contributed by atoms with Crippen LogP contribution in [0, 0.1) is 0 Å². The maximum atomic E-state index is 12.6. The van der Waals surface area contributed by atoms with Crippen molar-refractivity contribution in [1.29, 1.82) is 0 Å². The SMILES string of the molecule is CCc1cc2c(cc1CNC(=O)C(CC)Oc1ccc(Cl)cc1Cl)OCO2. The smallest absolute Gasteiger partial charge is 0.261 e. The fraction of sp³-hybridized carbons (Fsp3) is 0.350. The molecule has 1 aliphatic rings. The lowest BCUT2D eigenvalue weighted by molar-refractivity contribution is -0.128. The van der Waals surface area contributed by atoms with Crippen LogP contribution in [-0.4, -0.2) is 18.8 Å². The van der Waals surface area contributed by atoms with Crippen LogP contribution < -0.4 is 19.5 Å². The number of carbonyl (C=O) groups is 1. The third kappa shape index (κ3) is 4.60. The van der Waals surface area contributed by atoms with Gasteiger partial charge in [0.1, 0.15) is 5.75 Å². The molecule has 1 atom stereocenters. The topological polar surface area (TPSA) is 56.8 Å². The summed E-state index contributed by atoms with van der Waals surface area (Å²) in [5.74, 6) is 1.67. The van der Waals surface area contributed by atoms with E-state index in [-0.39, 0.29) is 12.7 Å². The van der Waals surface area contributed by atoms with E-state index in [2.05, 4.69) is 12.2 Å². The van der Waals surface area contributed by atoms with Gasteiger partial charge in [0.05, 0.1) is 5.02 Å². The van der Waals surface area contributed by atoms with Crippen molar-refractivity contribution >= 4 is 29.1 Å². The maximum absolute atomic E-state index is 12.6. The predicted molar refractivity (Wildman–Crippen MR) is 105 cm³/mol. The second-order valence-corrected chi connectivity index (χ2v) is 6.98. The average molecular weight is 410 g/mol. The standard InChI is InChI=1S/C20H21Cl2NO4/c1-3-12-7-18-19(26-11-25-18)8-13(12)10-23-20(24)16(4-2)27-17-6-5-14(21)9-15(17)22/h5-9,16H,3-4,10-11H2,1-2H3,(H,23,24). The first-order valence-corrected chi connectivity index (χ1v) is 9.58. The third-order valence-corrected chi connectivity index (χ3v) is 4.89. The second kappa shape index (κ2) is 8.72. The number of aryl methyl sites for hydroxylation is 1. The number of ether oxygens (including phenoxy) is 3. The largest absolute Gasteiger partial charge is 0.479 e. The van der Waals surface area contributed by atoms with Gasteiger partial charge in [0.15, 0.2) is 17.6 Å². The van der Waals surface area contributed by atoms with E-state index in [9.17, 15) is 4.79 Å². The molecule has 0 saturated carbocycles. The van der Waals surface area contributed by atoms with Crippen molar-refractivity contribution in [3.8, 4) is 17.2 Å². The number of rotatable bonds is 7. The molecule has 27 heavy (non-hydrogen) atoms. The first kappa shape index (κ1) is 19.6. The van der Waals surface area contributed by atoms with Crippen molar-refractivity contribution in [3.63, 3.8) is 0 Å². The molecule has 0 spiro atoms. The highest BCUT2D eigenvalue weighted by Crippen LogP contribution is 2.35. The van der Waals surface area contributed by atoms with E-state index in [4.69, 9.17) is 37.4 Å². The molecule has 0 aliphatic carbocycles. The van der Waals surface area contributed by atoms with Crippen LogP contribution in [0.5, 0.6) is 17.2 Å². The fourth-order valence-corrected chi connectivity index (χ4v) is 3.32. The first-order chi connectivity index (χ1) is 13.0. The molecule has 3 rings (SSSR count). The minimum atomic E-state index is -0.650. The van der Waals surface area contributed by atoms with E-state index < -0.39 is 6.10 Å². The zero-order chi connectivity index (χ0) is 19.4. The minimum Gasteiger partial charge on any atom is -0.479 e. The van der Waals surface area contributed by atoms with E-state index in [0.29, 0.717) is 34.5 Å². The van der Waals surface area contributed by atoms with Crippen molar-refractivity contribution in [3.05, 3.63) is 51.5 Å². The number of halogens is 2. The maximum Gasteiger partial charge on any atom is 0.261 e. The summed E-state index contributed by atoms with van der Waals surface area (Å²) < 4.78 is 16.6. The lowest BCUT2D eigenvalue weighted by Crippen LogP contribution is -2.37. The normalized spacial score (nSPS) is 13.3. The summed E-state index contributed by atoms with van der Waals surface area (Å²) in [4.78, 5) is 12.6. The zero-order valence-corrected chi connectivity index (χ0v) is 16.7. The zero-order valence-electron chi connectivity index (χ0n) is 15.2. The molecule has 1 amide bonds. The summed E-state index contributed by atoms with van der Waals surface area (Å²) in [7, 11) is 0. The molecule has 0 radical (unpaired) electrons. The summed E-state index contributed by atoms with van der Waals surface area (Å²) in [5.41, 5.74) is 2.10. The van der Waals surface area contributed by atoms with Crippen LogP contribution >= 0.6 is 23.2 Å². The van der Waals surface area contributed by atoms with Gasteiger partial charge in [-0.15, -0.1) is 0 Å². The Kier molecular flexibility index (Phi) is 6.34. The summed E-state index contributed by atoms with van der Waals surface area (Å²) in [6.45, 7) is 4.55. The van der Waals surface area contributed by atoms with Crippen LogP contribution in [0.2, 0.25) is 10.0 Å². The van der Waals surface area contributed by atoms with Gasteiger partial charge >= 0.3 is 0 Å². The molecule has 2 aromatic carbocycles. The fourth-order valence-electron chi connectivity index (χ4n) is 2.86. The Balaban J connectivity index is 1.67. The Morgan fingerprint density at radius 3 is 2.48 bits per heavy atom. The van der Waals surface area contributed by atoms with Gasteiger partial charge in [0.25, 0.3) is 5.91 Å². The summed E-state index contributed by atoms with van der Waals surface area (Å²) in [5, 5.41) is 3.82. The van der Waals surface area contributed by atoms with Crippen molar-refractivity contribution in [2.24, 2.45) is 0 Å². The molecular weight excluding hydrogens is 389 g/mol. The Morgan fingerprint density at radius 2 is 1.85 bits per heavy atom. The monoisotopic (exact) mass is 409 g/mol. The molecule has 1 unspecified atom stereocenters. The first-order valence-electron chi connectivity index (χ1n) is 8.82. The van der Waals surface area contributed by atoms with Gasteiger partial charge in [0, 0.05) is 11.6 Å². The van der Waals surface area contributed by atoms with Gasteiger partial charge in [0.2, 0.25) is 6.79 Å². The molecule has 2 aromatic rings. The molecule has 7 heteroatoms. The van der Waals surface area contributed by atoms with Gasteiger partial charge in [-0.05, 0) is 54.3 Å². The number of hydrogen-bond donors (Lipinski definition) is 1. The highest BCUT2D eigenvalue weighted by atomic mass is 35.5. The number of nitrogens with one attached hydrogen (secondary N) is 1. The average Bonchev–Trinajstić information content (AvgIpc) is 3.12. The third-order valence-electron chi connectivity index (χ3n) is 4.36. The molecule has 1 N–H and O–H groups in total. The van der Waals surface area contributed by atoms with Crippen LogP contribution in [-0.2, 0) is 17.8 Å². The minimum absolute atomic E-state index is 0.205. The number of carbonyl (C=O) groups excluding carboxylic acids is 1. The van der Waals surface area contributed by atoms with E-state index in [1.165, 1.54) is 0 Å². The molecule has 0 fully saturated rings. The summed E-state index contributed by atoms with van der Waals surface area (Å²) in [6, 6.07) is 8.80. The van der Waals surface area contributed by atoms with Crippen LogP contribution in [0.1, 0.15) is 31.4 Å². The summed E-state index contributed by atoms with van der Waals surface area (Å²) in [6.07, 6.45) is 0.686. The van der Waals surface area contributed by atoms with Crippen LogP contribution in [0.15, 0.2) is 30.3 Å². The molecular formula is C20H21Cl2NO4. The van der Waals surface area contributed by atoms with Gasteiger partial charge in [-0.3, -0.25) is 4.79 Å². The van der Waals surface area contributed by atoms with Gasteiger partial charge in [-0.2, -0.15) is 0 Å². The quantitative estimate of drug-likeness (QED) is 0.715. The lowest BCUT2D eigenvalue weighted by atomic mass is 10.0. The van der Waals surface area contributed by atoms with Crippen molar-refractivity contribution in [2.45, 2.75) is 39.3 Å². The molecule has 1 heterocycles. The molecule has 1 aliphatic heterocycles. The van der Waals surface area contributed by atoms with Crippen LogP contribution in [0.4, 0.5) is 0 Å². The van der Waals surface area contributed by atoms with Gasteiger partial charge in [-0.1, -0.05) is 37.0 Å². The van der Waals surface area contributed by atoms with E-state index >= 15 is 0 Å². The van der Waals surface area contributed by atoms with Crippen LogP contribution in [0.25, 0.3) is 0 Å². The van der Waals surface area contributed by atoms with Crippen LogP contribution in [0.3, 0.4) is 0 Å². The van der Waals surface area contributed by atoms with Gasteiger partial charge in [-0.25, -0.2) is 0 Å². The number of hydrogen-bond acceptors (Lipinski definition) is 4. The molecule has 0 saturated heterocycles. The number of benzene rings is 2. The Morgan fingerprint density at radius 1 is 1.15 bits per heavy atom. The number of fused-ring (bicyclic) bond motifs is 1. The molecule has 144 valence electrons. The lowest BCUT2D eigenvalue weighted by Gasteiger charge is -2.19. The second-order valence-electron chi connectivity index (χ2n) is 6.14. The molecule has 0 bridgehead atoms. The summed E-state index contributed by atoms with van der Waals surface area (Å²) >= 11 is 12.0. The van der Waals surface area contributed by atoms with E-state index in [0.717, 1.165) is 23.3 Å². The predicted octanol–water partition coefficient (Wildman–Crippen LogP) is 4.76. The van der Waals surface area contributed by atoms with Crippen molar-refractivity contribution in [1.82, 2.24) is 5.32 Å². The Bertz CT molecular complexity index is 841. The Hall–Kier alpha value is -2.11. The van der Waals surface area contributed by atoms with Crippen molar-refractivity contribution in [2.75, 3.05) is 6.79 Å². The van der Waals surface area contributed by atoms with Crippen molar-refractivity contribution < 1.29 is 19.0 Å². The highest BCUT2D eigenvalue weighted by Gasteiger charge is 2.21. The molecule has 5 nitrogen and oxygen atoms in total. The van der Waals surface area contributed by atoms with Gasteiger partial charge < -0.3 is 19.5 Å². The Labute approximate surface area is 168 Å². The van der Waals surface area contributed by atoms with E-state index in [1.807, 2.05) is 19.1 Å². The number of amides is 1. The molecule has 0 aromatic heterocycles.